The molecule has 15 rings (SSSR count). The molecule has 13 aromatic carbocycles. The Balaban J connectivity index is 0.928. The van der Waals surface area contributed by atoms with E-state index in [1.165, 1.54) is 116 Å². The summed E-state index contributed by atoms with van der Waals surface area (Å²) in [6.45, 7) is 0. The third-order valence-electron chi connectivity index (χ3n) is 16.6. The normalized spacial score (nSPS) is 13.4. The van der Waals surface area contributed by atoms with Crippen LogP contribution in [0.3, 0.4) is 0 Å². The average Bonchev–Trinajstić information content (AvgIpc) is 4.33. The molecule has 0 N–H and O–H groups in total. The summed E-state index contributed by atoms with van der Waals surface area (Å²) in [5.74, 6) is 0. The van der Waals surface area contributed by atoms with E-state index in [-0.39, 0.29) is 6.04 Å². The maximum Gasteiger partial charge on any atom is 0.0626 e. The highest BCUT2D eigenvalue weighted by atomic mass is 15.2. The van der Waals surface area contributed by atoms with E-state index in [4.69, 9.17) is 0 Å². The molecule has 2 heteroatoms. The van der Waals surface area contributed by atoms with E-state index in [1.807, 2.05) is 0 Å². The van der Waals surface area contributed by atoms with Crippen molar-refractivity contribution in [3.05, 3.63) is 321 Å². The first-order valence-electron chi connectivity index (χ1n) is 27.8. The Hall–Kier alpha value is -10.3. The number of hydrogen-bond acceptors (Lipinski definition) is 1. The lowest BCUT2D eigenvalue weighted by Gasteiger charge is -2.31. The van der Waals surface area contributed by atoms with Crippen LogP contribution in [0.15, 0.2) is 309 Å². The van der Waals surface area contributed by atoms with E-state index in [0.717, 1.165) is 29.1 Å². The van der Waals surface area contributed by atoms with Gasteiger partial charge in [-0.2, -0.15) is 0 Å². The van der Waals surface area contributed by atoms with Gasteiger partial charge in [0.15, 0.2) is 0 Å². The molecule has 1 aromatic heterocycles. The number of benzene rings is 13. The molecule has 2 nitrogen and oxygen atoms in total. The Morgan fingerprint density at radius 3 is 1.20 bits per heavy atom. The molecule has 14 aromatic rings. The van der Waals surface area contributed by atoms with Crippen molar-refractivity contribution in [1.82, 2.24) is 4.57 Å². The number of rotatable bonds is 10. The Labute approximate surface area is 467 Å². The minimum atomic E-state index is 0.198. The maximum atomic E-state index is 2.53. The van der Waals surface area contributed by atoms with Crippen LogP contribution in [0.5, 0.6) is 0 Å². The van der Waals surface area contributed by atoms with Gasteiger partial charge in [-0.3, -0.25) is 0 Å². The summed E-state index contributed by atoms with van der Waals surface area (Å²) in [7, 11) is 0. The van der Waals surface area contributed by atoms with E-state index in [0.29, 0.717) is 0 Å². The molecule has 1 atom stereocenters. The second kappa shape index (κ2) is 19.9. The minimum absolute atomic E-state index is 0.198. The number of hydrogen-bond donors (Lipinski definition) is 0. The summed E-state index contributed by atoms with van der Waals surface area (Å²) in [4.78, 5) is 2.53. The van der Waals surface area contributed by atoms with E-state index >= 15 is 0 Å². The maximum absolute atomic E-state index is 2.53. The largest absolute Gasteiger partial charge is 0.333 e. The van der Waals surface area contributed by atoms with Crippen LogP contribution in [0.25, 0.3) is 121 Å². The molecule has 0 aliphatic carbocycles. The summed E-state index contributed by atoms with van der Waals surface area (Å²) < 4.78 is 2.40. The quantitative estimate of drug-likeness (QED) is 0.124. The molecule has 0 saturated carbocycles. The van der Waals surface area contributed by atoms with Gasteiger partial charge >= 0.3 is 0 Å². The SMILES string of the molecule is C1=C(c2ccccc2)N(c2ccc(-c3ccc4c(-c5cccc6ccccc56)c5ccc(-c6ccc(-n7c(-c8ccccc8)ccc7-c7ccccc7)cc6)cc5c(-c5cccc6ccccc56)c4c3)cc2)C(c2ccccc2)C1. The highest BCUT2D eigenvalue weighted by Gasteiger charge is 2.30. The van der Waals surface area contributed by atoms with Crippen molar-refractivity contribution in [3.8, 4) is 72.7 Å². The molecule has 376 valence electrons. The molecule has 2 heterocycles. The van der Waals surface area contributed by atoms with E-state index < -0.39 is 0 Å². The molecule has 1 aliphatic rings. The van der Waals surface area contributed by atoms with Gasteiger partial charge in [0.05, 0.1) is 17.4 Å². The molecule has 1 unspecified atom stereocenters. The zero-order chi connectivity index (χ0) is 52.9. The fourth-order valence-corrected chi connectivity index (χ4v) is 12.8. The van der Waals surface area contributed by atoms with Gasteiger partial charge < -0.3 is 9.47 Å². The van der Waals surface area contributed by atoms with Crippen LogP contribution >= 0.6 is 0 Å². The first-order valence-corrected chi connectivity index (χ1v) is 27.8. The number of aromatic nitrogens is 1. The lowest BCUT2D eigenvalue weighted by Crippen LogP contribution is -2.22. The fraction of sp³-hybridized carbons (Fsp3) is 0.0256. The molecule has 0 bridgehead atoms. The minimum Gasteiger partial charge on any atom is -0.333 e. The van der Waals surface area contributed by atoms with Crippen LogP contribution in [-0.4, -0.2) is 4.57 Å². The fourth-order valence-electron chi connectivity index (χ4n) is 12.8. The van der Waals surface area contributed by atoms with Crippen molar-refractivity contribution >= 4 is 54.5 Å². The number of anilines is 1. The lowest BCUT2D eigenvalue weighted by atomic mass is 9.82. The van der Waals surface area contributed by atoms with E-state index in [1.54, 1.807) is 0 Å². The highest BCUT2D eigenvalue weighted by Crippen LogP contribution is 2.50. The zero-order valence-electron chi connectivity index (χ0n) is 44.1. The van der Waals surface area contributed by atoms with Crippen LogP contribution in [-0.2, 0) is 0 Å². The molecule has 0 spiro atoms. The van der Waals surface area contributed by atoms with Crippen LogP contribution in [0.2, 0.25) is 0 Å². The Morgan fingerprint density at radius 1 is 0.275 bits per heavy atom. The zero-order valence-corrected chi connectivity index (χ0v) is 44.1. The van der Waals surface area contributed by atoms with Crippen molar-refractivity contribution in [2.45, 2.75) is 12.5 Å². The average molecular weight is 1020 g/mol. The highest BCUT2D eigenvalue weighted by molar-refractivity contribution is 6.26. The molecular formula is C78H54N2. The van der Waals surface area contributed by atoms with Gasteiger partial charge in [0.2, 0.25) is 0 Å². The van der Waals surface area contributed by atoms with Gasteiger partial charge in [-0.1, -0.05) is 261 Å². The van der Waals surface area contributed by atoms with Crippen molar-refractivity contribution in [3.63, 3.8) is 0 Å². The van der Waals surface area contributed by atoms with Crippen molar-refractivity contribution in [1.29, 1.82) is 0 Å². The summed E-state index contributed by atoms with van der Waals surface area (Å²) in [6, 6.07) is 112. The topological polar surface area (TPSA) is 8.17 Å². The monoisotopic (exact) mass is 1020 g/mol. The Kier molecular flexibility index (Phi) is 11.7. The second-order valence-electron chi connectivity index (χ2n) is 21.1. The molecule has 1 aliphatic heterocycles. The molecule has 0 fully saturated rings. The van der Waals surface area contributed by atoms with Crippen LogP contribution in [0, 0.1) is 0 Å². The number of fused-ring (bicyclic) bond motifs is 4. The summed E-state index contributed by atoms with van der Waals surface area (Å²) in [6.07, 6.45) is 3.35. The molecule has 0 saturated heterocycles. The summed E-state index contributed by atoms with van der Waals surface area (Å²) in [5, 5.41) is 9.81. The van der Waals surface area contributed by atoms with Crippen LogP contribution < -0.4 is 4.90 Å². The Bertz CT molecular complexity index is 4570. The van der Waals surface area contributed by atoms with Gasteiger partial charge in [0, 0.05) is 17.1 Å². The predicted octanol–water partition coefficient (Wildman–Crippen LogP) is 21.1. The lowest BCUT2D eigenvalue weighted by molar-refractivity contribution is 0.749. The molecule has 80 heavy (non-hydrogen) atoms. The van der Waals surface area contributed by atoms with Crippen molar-refractivity contribution < 1.29 is 0 Å². The smallest absolute Gasteiger partial charge is 0.0626 e. The Morgan fingerprint density at radius 2 is 0.688 bits per heavy atom. The van der Waals surface area contributed by atoms with Crippen LogP contribution in [0.1, 0.15) is 23.6 Å². The third-order valence-corrected chi connectivity index (χ3v) is 16.6. The third kappa shape index (κ3) is 8.20. The van der Waals surface area contributed by atoms with Gasteiger partial charge in [0.25, 0.3) is 0 Å². The standard InChI is InChI=1S/C78H54N2/c1-5-21-57(22-6-1)73-47-48-74(58-23-7-2-8-24-58)79(73)63-41-35-53(36-42-63)61-39-45-69-71(51-61)78(68-34-18-30-56-20-14-16-32-66(56)68)72-52-62(40-46-70(72)77(69)67-33-17-29-55-19-13-15-31-65(55)67)54-37-43-64(44-38-54)80-75(59-25-9-3-10-26-59)49-50-76(80)60-27-11-4-12-28-60/h1-49,51-52,76H,50H2. The summed E-state index contributed by atoms with van der Waals surface area (Å²) in [5.41, 5.74) is 20.4. The van der Waals surface area contributed by atoms with Gasteiger partial charge in [0.1, 0.15) is 0 Å². The first kappa shape index (κ1) is 47.0. The van der Waals surface area contributed by atoms with Gasteiger partial charge in [-0.15, -0.1) is 0 Å². The van der Waals surface area contributed by atoms with Crippen LogP contribution in [0.4, 0.5) is 5.69 Å². The van der Waals surface area contributed by atoms with E-state index in [2.05, 4.69) is 319 Å². The van der Waals surface area contributed by atoms with Gasteiger partial charge in [-0.25, -0.2) is 0 Å². The predicted molar refractivity (Wildman–Crippen MR) is 339 cm³/mol. The van der Waals surface area contributed by atoms with Crippen molar-refractivity contribution in [2.24, 2.45) is 0 Å². The molecule has 0 radical (unpaired) electrons. The number of nitrogens with zero attached hydrogens (tertiary/aromatic N) is 2. The molecular weight excluding hydrogens is 965 g/mol. The van der Waals surface area contributed by atoms with E-state index in [9.17, 15) is 0 Å². The summed E-state index contributed by atoms with van der Waals surface area (Å²) >= 11 is 0. The van der Waals surface area contributed by atoms with Gasteiger partial charge in [-0.05, 0) is 165 Å². The first-order chi connectivity index (χ1) is 39.7. The van der Waals surface area contributed by atoms with Crippen molar-refractivity contribution in [2.75, 3.05) is 4.90 Å². The second-order valence-corrected chi connectivity index (χ2v) is 21.1. The molecule has 0 amide bonds.